The number of urea groups is 1. The SMILES string of the molecule is CC(C)N1CCN(C(=O)Nc2ccc(C#N)cc2)CC1. The number of nitriles is 1. The number of carbonyl (C=O) groups excluding carboxylic acids is 1. The quantitative estimate of drug-likeness (QED) is 0.897. The molecule has 0 saturated carbocycles. The molecule has 5 nitrogen and oxygen atoms in total. The maximum atomic E-state index is 12.1. The largest absolute Gasteiger partial charge is 0.322 e. The van der Waals surface area contributed by atoms with E-state index in [2.05, 4.69) is 30.1 Å². The molecule has 1 heterocycles. The Hall–Kier alpha value is -2.06. The molecule has 1 aliphatic rings. The molecule has 1 aliphatic heterocycles. The van der Waals surface area contributed by atoms with Crippen LogP contribution in [0.2, 0.25) is 0 Å². The molecular weight excluding hydrogens is 252 g/mol. The van der Waals surface area contributed by atoms with E-state index in [0.29, 0.717) is 11.6 Å². The van der Waals surface area contributed by atoms with Crippen molar-refractivity contribution in [1.29, 1.82) is 5.26 Å². The summed E-state index contributed by atoms with van der Waals surface area (Å²) >= 11 is 0. The molecular formula is C15H20N4O. The van der Waals surface area contributed by atoms with Gasteiger partial charge in [0.05, 0.1) is 11.6 Å². The highest BCUT2D eigenvalue weighted by atomic mass is 16.2. The normalized spacial score (nSPS) is 16.0. The Labute approximate surface area is 119 Å². The van der Waals surface area contributed by atoms with Crippen molar-refractivity contribution < 1.29 is 4.79 Å². The minimum Gasteiger partial charge on any atom is -0.322 e. The number of nitrogens with one attached hydrogen (secondary N) is 1. The lowest BCUT2D eigenvalue weighted by atomic mass is 10.2. The van der Waals surface area contributed by atoms with Crippen LogP contribution in [0.1, 0.15) is 19.4 Å². The van der Waals surface area contributed by atoms with Crippen LogP contribution in [-0.2, 0) is 0 Å². The standard InChI is InChI=1S/C15H20N4O/c1-12(2)18-7-9-19(10-8-18)15(20)17-14-5-3-13(11-16)4-6-14/h3-6,12H,7-10H2,1-2H3,(H,17,20). The average molecular weight is 272 g/mol. The van der Waals surface area contributed by atoms with Crippen molar-refractivity contribution in [1.82, 2.24) is 9.80 Å². The molecule has 2 rings (SSSR count). The molecule has 1 aromatic carbocycles. The van der Waals surface area contributed by atoms with E-state index in [1.807, 2.05) is 4.90 Å². The van der Waals surface area contributed by atoms with Crippen molar-refractivity contribution in [3.05, 3.63) is 29.8 Å². The highest BCUT2D eigenvalue weighted by Crippen LogP contribution is 2.11. The van der Waals surface area contributed by atoms with Crippen molar-refractivity contribution in [2.75, 3.05) is 31.5 Å². The third-order valence-electron chi connectivity index (χ3n) is 3.60. The van der Waals surface area contributed by atoms with E-state index < -0.39 is 0 Å². The number of hydrogen-bond acceptors (Lipinski definition) is 3. The molecule has 0 atom stereocenters. The number of carbonyl (C=O) groups is 1. The van der Waals surface area contributed by atoms with Gasteiger partial charge in [0.25, 0.3) is 0 Å². The van der Waals surface area contributed by atoms with Crippen molar-refractivity contribution in [2.24, 2.45) is 0 Å². The summed E-state index contributed by atoms with van der Waals surface area (Å²) in [6.45, 7) is 7.68. The van der Waals surface area contributed by atoms with Gasteiger partial charge in [-0.3, -0.25) is 4.90 Å². The Bertz CT molecular complexity index is 496. The Kier molecular flexibility index (Phi) is 4.59. The van der Waals surface area contributed by atoms with Crippen molar-refractivity contribution >= 4 is 11.7 Å². The van der Waals surface area contributed by atoms with E-state index >= 15 is 0 Å². The Morgan fingerprint density at radius 1 is 1.20 bits per heavy atom. The number of amides is 2. The summed E-state index contributed by atoms with van der Waals surface area (Å²) in [6, 6.07) is 9.42. The molecule has 0 spiro atoms. The molecule has 1 N–H and O–H groups in total. The minimum absolute atomic E-state index is 0.0712. The van der Waals surface area contributed by atoms with Gasteiger partial charge in [-0.25, -0.2) is 4.79 Å². The maximum absolute atomic E-state index is 12.1. The zero-order chi connectivity index (χ0) is 14.5. The topological polar surface area (TPSA) is 59.4 Å². The van der Waals surface area contributed by atoms with Gasteiger partial charge in [0.1, 0.15) is 0 Å². The molecule has 0 unspecified atom stereocenters. The van der Waals surface area contributed by atoms with Crippen LogP contribution < -0.4 is 5.32 Å². The molecule has 1 aromatic rings. The average Bonchev–Trinajstić information content (AvgIpc) is 2.48. The van der Waals surface area contributed by atoms with Crippen LogP contribution in [0.5, 0.6) is 0 Å². The fourth-order valence-electron chi connectivity index (χ4n) is 2.27. The predicted molar refractivity (Wildman–Crippen MR) is 78.5 cm³/mol. The van der Waals surface area contributed by atoms with Gasteiger partial charge in [-0.1, -0.05) is 0 Å². The molecule has 1 fully saturated rings. The van der Waals surface area contributed by atoms with E-state index in [9.17, 15) is 4.79 Å². The summed E-state index contributed by atoms with van der Waals surface area (Å²) in [4.78, 5) is 16.3. The minimum atomic E-state index is -0.0712. The first-order chi connectivity index (χ1) is 9.60. The summed E-state index contributed by atoms with van der Waals surface area (Å²) in [5.74, 6) is 0. The third-order valence-corrected chi connectivity index (χ3v) is 3.60. The number of piperazine rings is 1. The molecule has 106 valence electrons. The van der Waals surface area contributed by atoms with Crippen LogP contribution in [-0.4, -0.2) is 48.1 Å². The lowest BCUT2D eigenvalue weighted by Crippen LogP contribution is -2.51. The number of hydrogen-bond donors (Lipinski definition) is 1. The van der Waals surface area contributed by atoms with Crippen molar-refractivity contribution in [2.45, 2.75) is 19.9 Å². The van der Waals surface area contributed by atoms with Gasteiger partial charge in [-0.15, -0.1) is 0 Å². The smallest absolute Gasteiger partial charge is 0.321 e. The lowest BCUT2D eigenvalue weighted by Gasteiger charge is -2.36. The Morgan fingerprint density at radius 3 is 2.30 bits per heavy atom. The summed E-state index contributed by atoms with van der Waals surface area (Å²) in [6.07, 6.45) is 0. The summed E-state index contributed by atoms with van der Waals surface area (Å²) in [5.41, 5.74) is 1.31. The lowest BCUT2D eigenvalue weighted by molar-refractivity contribution is 0.125. The first-order valence-electron chi connectivity index (χ1n) is 6.90. The van der Waals surface area contributed by atoms with Gasteiger partial charge >= 0.3 is 6.03 Å². The molecule has 20 heavy (non-hydrogen) atoms. The predicted octanol–water partition coefficient (Wildman–Crippen LogP) is 2.12. The van der Waals surface area contributed by atoms with Gasteiger partial charge in [0.2, 0.25) is 0 Å². The molecule has 1 saturated heterocycles. The fourth-order valence-corrected chi connectivity index (χ4v) is 2.27. The number of nitrogens with zero attached hydrogens (tertiary/aromatic N) is 3. The molecule has 0 aliphatic carbocycles. The zero-order valence-corrected chi connectivity index (χ0v) is 12.0. The maximum Gasteiger partial charge on any atom is 0.321 e. The molecule has 5 heteroatoms. The summed E-state index contributed by atoms with van der Waals surface area (Å²) in [5, 5.41) is 11.6. The van der Waals surface area contributed by atoms with Gasteiger partial charge in [-0.05, 0) is 38.1 Å². The van der Waals surface area contributed by atoms with Gasteiger partial charge in [0, 0.05) is 37.9 Å². The van der Waals surface area contributed by atoms with E-state index in [1.54, 1.807) is 24.3 Å². The first kappa shape index (κ1) is 14.4. The van der Waals surface area contributed by atoms with E-state index in [-0.39, 0.29) is 6.03 Å². The molecule has 0 aromatic heterocycles. The van der Waals surface area contributed by atoms with Crippen molar-refractivity contribution in [3.8, 4) is 6.07 Å². The van der Waals surface area contributed by atoms with Crippen LogP contribution in [0.3, 0.4) is 0 Å². The number of rotatable bonds is 2. The van der Waals surface area contributed by atoms with Gasteiger partial charge in [-0.2, -0.15) is 5.26 Å². The second kappa shape index (κ2) is 6.40. The molecule has 2 amide bonds. The van der Waals surface area contributed by atoms with Crippen LogP contribution >= 0.6 is 0 Å². The Balaban J connectivity index is 1.88. The number of benzene rings is 1. The molecule has 0 radical (unpaired) electrons. The summed E-state index contributed by atoms with van der Waals surface area (Å²) < 4.78 is 0. The molecule has 0 bridgehead atoms. The van der Waals surface area contributed by atoms with E-state index in [4.69, 9.17) is 5.26 Å². The first-order valence-corrected chi connectivity index (χ1v) is 6.90. The second-order valence-corrected chi connectivity index (χ2v) is 5.24. The zero-order valence-electron chi connectivity index (χ0n) is 12.0. The number of anilines is 1. The van der Waals surface area contributed by atoms with E-state index in [1.165, 1.54) is 0 Å². The monoisotopic (exact) mass is 272 g/mol. The van der Waals surface area contributed by atoms with Gasteiger partial charge < -0.3 is 10.2 Å². The van der Waals surface area contributed by atoms with Crippen molar-refractivity contribution in [3.63, 3.8) is 0 Å². The van der Waals surface area contributed by atoms with E-state index in [0.717, 1.165) is 31.9 Å². The van der Waals surface area contributed by atoms with Crippen LogP contribution in [0.4, 0.5) is 10.5 Å². The highest BCUT2D eigenvalue weighted by Gasteiger charge is 2.22. The van der Waals surface area contributed by atoms with Crippen LogP contribution in [0, 0.1) is 11.3 Å². The van der Waals surface area contributed by atoms with Crippen LogP contribution in [0.15, 0.2) is 24.3 Å². The second-order valence-electron chi connectivity index (χ2n) is 5.24. The van der Waals surface area contributed by atoms with Gasteiger partial charge in [0.15, 0.2) is 0 Å². The third kappa shape index (κ3) is 3.49. The van der Waals surface area contributed by atoms with Crippen LogP contribution in [0.25, 0.3) is 0 Å². The fraction of sp³-hybridized carbons (Fsp3) is 0.467. The Morgan fingerprint density at radius 2 is 1.80 bits per heavy atom. The highest BCUT2D eigenvalue weighted by molar-refractivity contribution is 5.89. The summed E-state index contributed by atoms with van der Waals surface area (Å²) in [7, 11) is 0.